The van der Waals surface area contributed by atoms with Gasteiger partial charge in [0.2, 0.25) is 5.91 Å². The molecule has 2 unspecified atom stereocenters. The summed E-state index contributed by atoms with van der Waals surface area (Å²) >= 11 is 0. The van der Waals surface area contributed by atoms with Gasteiger partial charge < -0.3 is 11.1 Å². The Bertz CT molecular complexity index is 373. The fraction of sp³-hybridized carbons (Fsp3) is 0.917. The third kappa shape index (κ3) is 4.57. The van der Waals surface area contributed by atoms with Gasteiger partial charge in [0.05, 0.1) is 5.75 Å². The number of sulfone groups is 1. The molecule has 1 rings (SSSR count). The molecule has 1 saturated carbocycles. The van der Waals surface area contributed by atoms with Crippen molar-refractivity contribution < 1.29 is 13.2 Å². The van der Waals surface area contributed by atoms with Crippen LogP contribution in [0.3, 0.4) is 0 Å². The van der Waals surface area contributed by atoms with Gasteiger partial charge in [-0.3, -0.25) is 4.79 Å². The molecule has 5 nitrogen and oxygen atoms in total. The summed E-state index contributed by atoms with van der Waals surface area (Å²) in [6.07, 6.45) is 5.31. The number of hydrogen-bond acceptors (Lipinski definition) is 4. The molecule has 0 radical (unpaired) electrons. The van der Waals surface area contributed by atoms with Crippen molar-refractivity contribution in [2.75, 3.05) is 5.75 Å². The summed E-state index contributed by atoms with van der Waals surface area (Å²) < 4.78 is 23.8. The number of rotatable bonds is 5. The van der Waals surface area contributed by atoms with Crippen molar-refractivity contribution in [1.82, 2.24) is 5.32 Å². The number of nitrogens with one attached hydrogen (secondary N) is 1. The average Bonchev–Trinajstić information content (AvgIpc) is 2.27. The maximum atomic E-state index is 11.9. The molecule has 0 bridgehead atoms. The Kier molecular flexibility index (Phi) is 5.59. The molecule has 1 amide bonds. The van der Waals surface area contributed by atoms with Crippen molar-refractivity contribution in [2.24, 2.45) is 5.73 Å². The Morgan fingerprint density at radius 1 is 1.28 bits per heavy atom. The molecular formula is C12H24N2O3S. The van der Waals surface area contributed by atoms with Crippen molar-refractivity contribution in [1.29, 1.82) is 0 Å². The predicted octanol–water partition coefficient (Wildman–Crippen LogP) is 0.586. The first-order valence-corrected chi connectivity index (χ1v) is 8.32. The number of carbonyl (C=O) groups is 1. The van der Waals surface area contributed by atoms with Gasteiger partial charge in [-0.1, -0.05) is 19.3 Å². The van der Waals surface area contributed by atoms with E-state index in [0.717, 1.165) is 25.7 Å². The highest BCUT2D eigenvalue weighted by Gasteiger charge is 2.30. The Balaban J connectivity index is 2.54. The van der Waals surface area contributed by atoms with Gasteiger partial charge >= 0.3 is 0 Å². The quantitative estimate of drug-likeness (QED) is 0.769. The van der Waals surface area contributed by atoms with Crippen molar-refractivity contribution in [2.45, 2.75) is 63.3 Å². The summed E-state index contributed by atoms with van der Waals surface area (Å²) in [5, 5.41) is 1.83. The van der Waals surface area contributed by atoms with Crippen LogP contribution in [-0.4, -0.2) is 37.4 Å². The van der Waals surface area contributed by atoms with Gasteiger partial charge in [0, 0.05) is 12.1 Å². The van der Waals surface area contributed by atoms with E-state index < -0.39 is 21.1 Å². The van der Waals surface area contributed by atoms with Crippen LogP contribution in [0.15, 0.2) is 0 Å². The first-order chi connectivity index (χ1) is 8.33. The third-order valence-electron chi connectivity index (χ3n) is 3.35. The molecule has 0 saturated heterocycles. The second kappa shape index (κ2) is 6.52. The van der Waals surface area contributed by atoms with Gasteiger partial charge in [-0.2, -0.15) is 0 Å². The maximum absolute atomic E-state index is 11.9. The molecule has 0 aromatic rings. The molecule has 0 aliphatic heterocycles. The maximum Gasteiger partial charge on any atom is 0.238 e. The zero-order valence-electron chi connectivity index (χ0n) is 11.2. The molecule has 1 fully saturated rings. The van der Waals surface area contributed by atoms with E-state index in [9.17, 15) is 13.2 Å². The van der Waals surface area contributed by atoms with Gasteiger partial charge in [-0.25, -0.2) is 8.42 Å². The lowest BCUT2D eigenvalue weighted by molar-refractivity contribution is -0.121. The van der Waals surface area contributed by atoms with Crippen LogP contribution in [0.25, 0.3) is 0 Å². The number of carbonyl (C=O) groups excluding carboxylic acids is 1. The van der Waals surface area contributed by atoms with E-state index in [0.29, 0.717) is 0 Å². The van der Waals surface area contributed by atoms with Crippen LogP contribution >= 0.6 is 0 Å². The van der Waals surface area contributed by atoms with E-state index in [1.165, 1.54) is 13.3 Å². The zero-order valence-corrected chi connectivity index (χ0v) is 12.0. The van der Waals surface area contributed by atoms with Crippen LogP contribution in [0.1, 0.15) is 46.0 Å². The van der Waals surface area contributed by atoms with Crippen LogP contribution in [0.5, 0.6) is 0 Å². The fourth-order valence-corrected chi connectivity index (χ4v) is 3.66. The third-order valence-corrected chi connectivity index (χ3v) is 5.64. The monoisotopic (exact) mass is 276 g/mol. The highest BCUT2D eigenvalue weighted by molar-refractivity contribution is 7.92. The van der Waals surface area contributed by atoms with E-state index in [4.69, 9.17) is 5.73 Å². The van der Waals surface area contributed by atoms with Gasteiger partial charge in [-0.15, -0.1) is 0 Å². The first-order valence-electron chi connectivity index (χ1n) is 6.60. The predicted molar refractivity (Wildman–Crippen MR) is 71.9 cm³/mol. The van der Waals surface area contributed by atoms with Crippen molar-refractivity contribution in [3.8, 4) is 0 Å². The molecule has 2 atom stereocenters. The molecule has 18 heavy (non-hydrogen) atoms. The number of nitrogens with two attached hydrogens (primary N) is 1. The topological polar surface area (TPSA) is 89.3 Å². The van der Waals surface area contributed by atoms with Crippen LogP contribution in [-0.2, 0) is 14.6 Å². The Morgan fingerprint density at radius 3 is 2.33 bits per heavy atom. The van der Waals surface area contributed by atoms with Crippen LogP contribution in [0, 0.1) is 0 Å². The van der Waals surface area contributed by atoms with Crippen LogP contribution < -0.4 is 11.1 Å². The van der Waals surface area contributed by atoms with Gasteiger partial charge in [0.15, 0.2) is 9.84 Å². The minimum absolute atomic E-state index is 0.138. The smallest absolute Gasteiger partial charge is 0.238 e. The molecule has 0 spiro atoms. The van der Waals surface area contributed by atoms with Crippen LogP contribution in [0.4, 0.5) is 0 Å². The summed E-state index contributed by atoms with van der Waals surface area (Å²) in [4.78, 5) is 11.9. The summed E-state index contributed by atoms with van der Waals surface area (Å²) in [5.41, 5.74) is 5.49. The average molecular weight is 276 g/mol. The highest BCUT2D eigenvalue weighted by atomic mass is 32.2. The lowest BCUT2D eigenvalue weighted by Crippen LogP contribution is -2.46. The van der Waals surface area contributed by atoms with Crippen LogP contribution in [0.2, 0.25) is 0 Å². The number of hydrogen-bond donors (Lipinski definition) is 2. The summed E-state index contributed by atoms with van der Waals surface area (Å²) in [7, 11) is -3.45. The molecule has 6 heteroatoms. The largest absolute Gasteiger partial charge is 0.352 e. The summed E-state index contributed by atoms with van der Waals surface area (Å²) in [6, 6.07) is -0.306. The fourth-order valence-electron chi connectivity index (χ4n) is 2.24. The Labute approximate surface area is 109 Å². The SMILES string of the molecule is CC(N)CS(=O)(=O)C(C)C(=O)NC1CCCCC1. The van der Waals surface area contributed by atoms with E-state index in [-0.39, 0.29) is 17.7 Å². The standard InChI is InChI=1S/C12H24N2O3S/c1-9(13)8-18(16,17)10(2)12(15)14-11-6-4-3-5-7-11/h9-11H,3-8,13H2,1-2H3,(H,14,15). The Hall–Kier alpha value is -0.620. The second-order valence-corrected chi connectivity index (χ2v) is 7.66. The second-order valence-electron chi connectivity index (χ2n) is 5.29. The first kappa shape index (κ1) is 15.4. The highest BCUT2D eigenvalue weighted by Crippen LogP contribution is 2.17. The summed E-state index contributed by atoms with van der Waals surface area (Å²) in [6.45, 7) is 3.07. The van der Waals surface area contributed by atoms with E-state index in [1.807, 2.05) is 0 Å². The minimum atomic E-state index is -3.45. The van der Waals surface area contributed by atoms with Crippen molar-refractivity contribution in [3.05, 3.63) is 0 Å². The summed E-state index contributed by atoms with van der Waals surface area (Å²) in [5.74, 6) is -0.533. The Morgan fingerprint density at radius 2 is 1.83 bits per heavy atom. The molecule has 0 heterocycles. The van der Waals surface area contributed by atoms with E-state index >= 15 is 0 Å². The molecule has 1 aliphatic carbocycles. The lowest BCUT2D eigenvalue weighted by Gasteiger charge is -2.24. The normalized spacial score (nSPS) is 21.3. The molecule has 3 N–H and O–H groups in total. The molecule has 106 valence electrons. The minimum Gasteiger partial charge on any atom is -0.352 e. The van der Waals surface area contributed by atoms with E-state index in [2.05, 4.69) is 5.32 Å². The van der Waals surface area contributed by atoms with E-state index in [1.54, 1.807) is 6.92 Å². The molecule has 0 aromatic heterocycles. The molecule has 1 aliphatic rings. The van der Waals surface area contributed by atoms with Crippen molar-refractivity contribution >= 4 is 15.7 Å². The molecular weight excluding hydrogens is 252 g/mol. The zero-order chi connectivity index (χ0) is 13.8. The molecule has 0 aromatic carbocycles. The van der Waals surface area contributed by atoms with Crippen molar-refractivity contribution in [3.63, 3.8) is 0 Å². The van der Waals surface area contributed by atoms with Gasteiger partial charge in [-0.05, 0) is 26.7 Å². The van der Waals surface area contributed by atoms with Gasteiger partial charge in [0.25, 0.3) is 0 Å². The lowest BCUT2D eigenvalue weighted by atomic mass is 9.95. The van der Waals surface area contributed by atoms with Gasteiger partial charge in [0.1, 0.15) is 5.25 Å². The number of amides is 1.